The standard InChI is InChI=1S/C19H12F3N3OS/c20-19(21,22)13-7-5-12(6-8-13)17(26)23-15-4-2-1-3-14(15)16-11-25-9-10-27-18(25)24-16/h1-11H,(H,23,26). The molecular weight excluding hydrogens is 375 g/mol. The van der Waals surface area contributed by atoms with Gasteiger partial charge < -0.3 is 5.32 Å². The van der Waals surface area contributed by atoms with Crippen LogP contribution in [0.2, 0.25) is 0 Å². The number of imidazole rings is 1. The van der Waals surface area contributed by atoms with Gasteiger partial charge in [0.25, 0.3) is 5.91 Å². The maximum Gasteiger partial charge on any atom is 0.416 e. The van der Waals surface area contributed by atoms with E-state index in [0.717, 1.165) is 34.8 Å². The molecule has 0 radical (unpaired) electrons. The molecule has 0 aliphatic rings. The number of benzene rings is 2. The van der Waals surface area contributed by atoms with Gasteiger partial charge in [0.2, 0.25) is 0 Å². The highest BCUT2D eigenvalue weighted by Gasteiger charge is 2.30. The Morgan fingerprint density at radius 1 is 1.07 bits per heavy atom. The summed E-state index contributed by atoms with van der Waals surface area (Å²) in [5, 5.41) is 4.68. The Kier molecular flexibility index (Phi) is 4.19. The molecule has 0 fully saturated rings. The van der Waals surface area contributed by atoms with Crippen molar-refractivity contribution in [3.63, 3.8) is 0 Å². The average molecular weight is 387 g/mol. The molecule has 2 aromatic carbocycles. The smallest absolute Gasteiger partial charge is 0.321 e. The molecule has 2 aromatic heterocycles. The number of thiazole rings is 1. The van der Waals surface area contributed by atoms with Crippen molar-refractivity contribution in [2.24, 2.45) is 0 Å². The van der Waals surface area contributed by atoms with Crippen molar-refractivity contribution in [2.45, 2.75) is 6.18 Å². The Labute approximate surface area is 155 Å². The number of anilines is 1. The summed E-state index contributed by atoms with van der Waals surface area (Å²) in [6.07, 6.45) is -0.690. The SMILES string of the molecule is O=C(Nc1ccccc1-c1cn2ccsc2n1)c1ccc(C(F)(F)F)cc1. The van der Waals surface area contributed by atoms with Crippen LogP contribution in [0.3, 0.4) is 0 Å². The zero-order chi connectivity index (χ0) is 19.0. The van der Waals surface area contributed by atoms with Crippen LogP contribution in [-0.4, -0.2) is 15.3 Å². The molecule has 136 valence electrons. The van der Waals surface area contributed by atoms with Gasteiger partial charge in [-0.2, -0.15) is 13.2 Å². The molecule has 0 bridgehead atoms. The molecular formula is C19H12F3N3OS. The largest absolute Gasteiger partial charge is 0.416 e. The van der Waals surface area contributed by atoms with E-state index in [9.17, 15) is 18.0 Å². The number of aromatic nitrogens is 2. The van der Waals surface area contributed by atoms with Gasteiger partial charge in [-0.3, -0.25) is 9.20 Å². The molecule has 0 aliphatic heterocycles. The Morgan fingerprint density at radius 3 is 2.52 bits per heavy atom. The fourth-order valence-electron chi connectivity index (χ4n) is 2.68. The first-order chi connectivity index (χ1) is 12.9. The average Bonchev–Trinajstić information content (AvgIpc) is 3.23. The predicted octanol–water partition coefficient (Wildman–Crippen LogP) is 5.33. The maximum absolute atomic E-state index is 12.7. The third kappa shape index (κ3) is 3.43. The first kappa shape index (κ1) is 17.3. The van der Waals surface area contributed by atoms with E-state index in [1.807, 2.05) is 34.3 Å². The molecule has 0 saturated heterocycles. The van der Waals surface area contributed by atoms with Crippen LogP contribution >= 0.6 is 11.3 Å². The van der Waals surface area contributed by atoms with Crippen LogP contribution in [0.15, 0.2) is 66.3 Å². The van der Waals surface area contributed by atoms with Crippen LogP contribution in [0.4, 0.5) is 18.9 Å². The summed E-state index contributed by atoms with van der Waals surface area (Å²) in [7, 11) is 0. The summed E-state index contributed by atoms with van der Waals surface area (Å²) in [6, 6.07) is 11.3. The third-order valence-corrected chi connectivity index (χ3v) is 4.79. The van der Waals surface area contributed by atoms with E-state index in [2.05, 4.69) is 10.3 Å². The van der Waals surface area contributed by atoms with Crippen LogP contribution in [0, 0.1) is 0 Å². The van der Waals surface area contributed by atoms with Gasteiger partial charge in [-0.1, -0.05) is 18.2 Å². The van der Waals surface area contributed by atoms with Crippen LogP contribution in [0.25, 0.3) is 16.2 Å². The minimum absolute atomic E-state index is 0.142. The van der Waals surface area contributed by atoms with E-state index in [0.29, 0.717) is 11.4 Å². The summed E-state index contributed by atoms with van der Waals surface area (Å²) in [5.74, 6) is -0.489. The van der Waals surface area contributed by atoms with E-state index in [1.54, 1.807) is 12.1 Å². The van der Waals surface area contributed by atoms with Crippen LogP contribution < -0.4 is 5.32 Å². The number of hydrogen-bond donors (Lipinski definition) is 1. The molecule has 0 unspecified atom stereocenters. The van der Waals surface area contributed by atoms with Gasteiger partial charge >= 0.3 is 6.18 Å². The van der Waals surface area contributed by atoms with Crippen molar-refractivity contribution in [1.82, 2.24) is 9.38 Å². The lowest BCUT2D eigenvalue weighted by Gasteiger charge is -2.11. The summed E-state index contributed by atoms with van der Waals surface area (Å²) >= 11 is 1.50. The van der Waals surface area contributed by atoms with Crippen molar-refractivity contribution >= 4 is 27.9 Å². The predicted molar refractivity (Wildman–Crippen MR) is 97.9 cm³/mol. The Hall–Kier alpha value is -3.13. The van der Waals surface area contributed by atoms with Crippen molar-refractivity contribution in [1.29, 1.82) is 0 Å². The van der Waals surface area contributed by atoms with Crippen molar-refractivity contribution < 1.29 is 18.0 Å². The quantitative estimate of drug-likeness (QED) is 0.516. The lowest BCUT2D eigenvalue weighted by Crippen LogP contribution is -2.13. The number of fused-ring (bicyclic) bond motifs is 1. The molecule has 1 amide bonds. The van der Waals surface area contributed by atoms with Gasteiger partial charge in [-0.05, 0) is 30.3 Å². The lowest BCUT2D eigenvalue weighted by molar-refractivity contribution is -0.137. The number of nitrogens with zero attached hydrogens (tertiary/aromatic N) is 2. The molecule has 0 aliphatic carbocycles. The van der Waals surface area contributed by atoms with Gasteiger partial charge in [0, 0.05) is 28.9 Å². The lowest BCUT2D eigenvalue weighted by atomic mass is 10.1. The van der Waals surface area contributed by atoms with Crippen LogP contribution in [-0.2, 0) is 6.18 Å². The normalized spacial score (nSPS) is 11.7. The molecule has 4 aromatic rings. The Morgan fingerprint density at radius 2 is 1.81 bits per heavy atom. The summed E-state index contributed by atoms with van der Waals surface area (Å²) < 4.78 is 39.9. The molecule has 1 N–H and O–H groups in total. The number of carbonyl (C=O) groups is 1. The van der Waals surface area contributed by atoms with E-state index in [-0.39, 0.29) is 5.56 Å². The van der Waals surface area contributed by atoms with Crippen LogP contribution in [0.5, 0.6) is 0 Å². The van der Waals surface area contributed by atoms with Gasteiger partial charge in [0.1, 0.15) is 0 Å². The third-order valence-electron chi connectivity index (χ3n) is 4.02. The monoisotopic (exact) mass is 387 g/mol. The molecule has 0 atom stereocenters. The zero-order valence-corrected chi connectivity index (χ0v) is 14.5. The highest BCUT2D eigenvalue weighted by atomic mass is 32.1. The van der Waals surface area contributed by atoms with E-state index >= 15 is 0 Å². The van der Waals surface area contributed by atoms with Gasteiger partial charge in [-0.15, -0.1) is 11.3 Å². The highest BCUT2D eigenvalue weighted by Crippen LogP contribution is 2.30. The van der Waals surface area contributed by atoms with E-state index in [1.165, 1.54) is 11.3 Å². The molecule has 0 saturated carbocycles. The number of carbonyl (C=O) groups excluding carboxylic acids is 1. The van der Waals surface area contributed by atoms with Crippen LogP contribution in [0.1, 0.15) is 15.9 Å². The summed E-state index contributed by atoms with van der Waals surface area (Å²) in [5.41, 5.74) is 1.31. The second-order valence-electron chi connectivity index (χ2n) is 5.79. The number of rotatable bonds is 3. The minimum atomic E-state index is -4.43. The number of alkyl halides is 3. The van der Waals surface area contributed by atoms with E-state index in [4.69, 9.17) is 0 Å². The molecule has 8 heteroatoms. The van der Waals surface area contributed by atoms with Gasteiger partial charge in [0.05, 0.1) is 16.9 Å². The van der Waals surface area contributed by atoms with Gasteiger partial charge in [-0.25, -0.2) is 4.98 Å². The number of halogens is 3. The molecule has 4 rings (SSSR count). The minimum Gasteiger partial charge on any atom is -0.321 e. The van der Waals surface area contributed by atoms with Crippen molar-refractivity contribution in [3.05, 3.63) is 77.4 Å². The molecule has 2 heterocycles. The van der Waals surface area contributed by atoms with E-state index < -0.39 is 17.6 Å². The summed E-state index contributed by atoms with van der Waals surface area (Å²) in [4.78, 5) is 17.8. The molecule has 0 spiro atoms. The van der Waals surface area contributed by atoms with Crippen molar-refractivity contribution in [2.75, 3.05) is 5.32 Å². The first-order valence-corrected chi connectivity index (χ1v) is 8.80. The number of para-hydroxylation sites is 1. The Bertz CT molecular complexity index is 1080. The molecule has 27 heavy (non-hydrogen) atoms. The molecule has 4 nitrogen and oxygen atoms in total. The number of amides is 1. The zero-order valence-electron chi connectivity index (χ0n) is 13.7. The second kappa shape index (κ2) is 6.55. The maximum atomic E-state index is 12.7. The topological polar surface area (TPSA) is 46.4 Å². The Balaban J connectivity index is 1.61. The summed E-state index contributed by atoms with van der Waals surface area (Å²) in [6.45, 7) is 0. The number of hydrogen-bond acceptors (Lipinski definition) is 3. The highest BCUT2D eigenvalue weighted by molar-refractivity contribution is 7.15. The van der Waals surface area contributed by atoms with Crippen molar-refractivity contribution in [3.8, 4) is 11.3 Å². The first-order valence-electron chi connectivity index (χ1n) is 7.92. The fraction of sp³-hybridized carbons (Fsp3) is 0.0526. The fourth-order valence-corrected chi connectivity index (χ4v) is 3.38. The number of nitrogens with one attached hydrogen (secondary N) is 1. The van der Waals surface area contributed by atoms with Gasteiger partial charge in [0.15, 0.2) is 4.96 Å². The second-order valence-corrected chi connectivity index (χ2v) is 6.67.